The first-order valence-electron chi connectivity index (χ1n) is 10.2. The zero-order valence-corrected chi connectivity index (χ0v) is 19.1. The highest BCUT2D eigenvalue weighted by Gasteiger charge is 2.17. The van der Waals surface area contributed by atoms with Crippen molar-refractivity contribution in [1.29, 1.82) is 0 Å². The molecule has 1 aromatic carbocycles. The van der Waals surface area contributed by atoms with Gasteiger partial charge in [-0.2, -0.15) is 5.10 Å². The number of amides is 2. The summed E-state index contributed by atoms with van der Waals surface area (Å²) in [5, 5.41) is 9.25. The molecular formula is C22H27ClN4O2S. The highest BCUT2D eigenvalue weighted by atomic mass is 35.5. The van der Waals surface area contributed by atoms with Gasteiger partial charge in [-0.15, -0.1) is 11.3 Å². The summed E-state index contributed by atoms with van der Waals surface area (Å²) >= 11 is 7.40. The molecule has 0 spiro atoms. The van der Waals surface area contributed by atoms with E-state index in [4.69, 9.17) is 11.6 Å². The van der Waals surface area contributed by atoms with Gasteiger partial charge >= 0.3 is 0 Å². The van der Waals surface area contributed by atoms with Crippen LogP contribution in [0.15, 0.2) is 30.3 Å². The summed E-state index contributed by atoms with van der Waals surface area (Å²) in [5.41, 5.74) is 2.00. The van der Waals surface area contributed by atoms with E-state index in [1.54, 1.807) is 0 Å². The number of hydrogen-bond acceptors (Lipinski definition) is 4. The Kier molecular flexibility index (Phi) is 7.50. The Morgan fingerprint density at radius 3 is 2.57 bits per heavy atom. The number of nitrogens with one attached hydrogen (secondary N) is 1. The average molecular weight is 447 g/mol. The average Bonchev–Trinajstić information content (AvgIpc) is 3.29. The monoisotopic (exact) mass is 446 g/mol. The number of hydrogen-bond donors (Lipinski definition) is 1. The van der Waals surface area contributed by atoms with E-state index in [1.807, 2.05) is 60.7 Å². The molecule has 0 saturated heterocycles. The lowest BCUT2D eigenvalue weighted by molar-refractivity contribution is -0.130. The third-order valence-corrected chi connectivity index (χ3v) is 6.45. The second kappa shape index (κ2) is 10.1. The summed E-state index contributed by atoms with van der Waals surface area (Å²) in [6.45, 7) is 8.44. The van der Waals surface area contributed by atoms with Crippen LogP contribution in [0.1, 0.15) is 47.6 Å². The fourth-order valence-corrected chi connectivity index (χ4v) is 4.56. The van der Waals surface area contributed by atoms with Crippen LogP contribution >= 0.6 is 22.9 Å². The molecule has 0 saturated carbocycles. The van der Waals surface area contributed by atoms with Gasteiger partial charge in [-0.3, -0.25) is 14.3 Å². The van der Waals surface area contributed by atoms with Gasteiger partial charge in [-0.05, 0) is 51.0 Å². The maximum Gasteiger partial charge on any atom is 0.261 e. The summed E-state index contributed by atoms with van der Waals surface area (Å²) in [6, 6.07) is 9.58. The Labute approximate surface area is 185 Å². The molecule has 0 aliphatic carbocycles. The number of aromatic nitrogens is 2. The Balaban J connectivity index is 1.62. The maximum absolute atomic E-state index is 12.6. The number of rotatable bonds is 9. The van der Waals surface area contributed by atoms with Crippen LogP contribution in [0.25, 0.3) is 10.2 Å². The van der Waals surface area contributed by atoms with Crippen molar-refractivity contribution in [2.75, 3.05) is 19.6 Å². The van der Waals surface area contributed by atoms with Crippen LogP contribution in [0.3, 0.4) is 0 Å². The molecule has 0 atom stereocenters. The van der Waals surface area contributed by atoms with Crippen molar-refractivity contribution in [3.63, 3.8) is 0 Å². The van der Waals surface area contributed by atoms with Gasteiger partial charge in [0, 0.05) is 36.5 Å². The van der Waals surface area contributed by atoms with Gasteiger partial charge in [0.15, 0.2) is 0 Å². The van der Waals surface area contributed by atoms with E-state index < -0.39 is 0 Å². The number of aryl methyl sites for hydroxylation is 1. The molecule has 0 bridgehead atoms. The molecule has 160 valence electrons. The number of carbonyl (C=O) groups is 2. The molecule has 1 N–H and O–H groups in total. The molecule has 2 heterocycles. The fourth-order valence-electron chi connectivity index (χ4n) is 3.36. The van der Waals surface area contributed by atoms with Crippen molar-refractivity contribution >= 4 is 45.0 Å². The van der Waals surface area contributed by atoms with Crippen LogP contribution in [-0.2, 0) is 11.3 Å². The molecule has 0 aliphatic rings. The second-order valence-corrected chi connectivity index (χ2v) is 8.59. The summed E-state index contributed by atoms with van der Waals surface area (Å²) in [5.74, 6) is 0.0259. The molecule has 2 amide bonds. The summed E-state index contributed by atoms with van der Waals surface area (Å²) in [4.78, 5) is 28.1. The van der Waals surface area contributed by atoms with E-state index in [0.29, 0.717) is 35.8 Å². The molecule has 0 radical (unpaired) electrons. The number of fused-ring (bicyclic) bond motifs is 1. The van der Waals surface area contributed by atoms with Gasteiger partial charge in [0.25, 0.3) is 5.91 Å². The number of halogens is 1. The Bertz CT molecular complexity index is 1020. The van der Waals surface area contributed by atoms with Crippen LogP contribution in [0.5, 0.6) is 0 Å². The van der Waals surface area contributed by atoms with Gasteiger partial charge in [0.2, 0.25) is 5.91 Å². The lowest BCUT2D eigenvalue weighted by Gasteiger charge is -2.18. The van der Waals surface area contributed by atoms with E-state index in [1.165, 1.54) is 11.3 Å². The van der Waals surface area contributed by atoms with Gasteiger partial charge in [-0.1, -0.05) is 23.7 Å². The summed E-state index contributed by atoms with van der Waals surface area (Å²) in [7, 11) is 0. The Morgan fingerprint density at radius 1 is 1.20 bits per heavy atom. The minimum absolute atomic E-state index is 0.107. The first-order chi connectivity index (χ1) is 14.4. The van der Waals surface area contributed by atoms with Gasteiger partial charge in [0.1, 0.15) is 4.83 Å². The van der Waals surface area contributed by atoms with Crippen molar-refractivity contribution < 1.29 is 9.59 Å². The standard InChI is InChI=1S/C22H27ClN4O2S/c1-4-26(5-2)20(28)7-6-12-24-21(29)19-13-18-15(3)25-27(22(18)30-19)14-16-8-10-17(23)11-9-16/h8-11,13H,4-7,12,14H2,1-3H3,(H,24,29). The maximum atomic E-state index is 12.6. The number of benzene rings is 1. The lowest BCUT2D eigenvalue weighted by Crippen LogP contribution is -2.31. The van der Waals surface area contributed by atoms with E-state index >= 15 is 0 Å². The van der Waals surface area contributed by atoms with Gasteiger partial charge in [-0.25, -0.2) is 0 Å². The summed E-state index contributed by atoms with van der Waals surface area (Å²) < 4.78 is 1.93. The van der Waals surface area contributed by atoms with Crippen molar-refractivity contribution in [2.45, 2.75) is 40.2 Å². The minimum Gasteiger partial charge on any atom is -0.351 e. The SMILES string of the molecule is CCN(CC)C(=O)CCCNC(=O)c1cc2c(C)nn(Cc3ccc(Cl)cc3)c2s1. The normalized spacial score (nSPS) is 11.1. The van der Waals surface area contributed by atoms with Crippen LogP contribution in [0, 0.1) is 6.92 Å². The summed E-state index contributed by atoms with van der Waals surface area (Å²) in [6.07, 6.45) is 1.08. The van der Waals surface area contributed by atoms with E-state index in [-0.39, 0.29) is 11.8 Å². The third-order valence-electron chi connectivity index (χ3n) is 5.05. The van der Waals surface area contributed by atoms with E-state index in [9.17, 15) is 9.59 Å². The highest BCUT2D eigenvalue weighted by Crippen LogP contribution is 2.29. The zero-order valence-electron chi connectivity index (χ0n) is 17.6. The highest BCUT2D eigenvalue weighted by molar-refractivity contribution is 7.20. The Hall–Kier alpha value is -2.38. The van der Waals surface area contributed by atoms with Crippen molar-refractivity contribution in [2.24, 2.45) is 0 Å². The second-order valence-electron chi connectivity index (χ2n) is 7.12. The smallest absolute Gasteiger partial charge is 0.261 e. The van der Waals surface area contributed by atoms with Crippen molar-refractivity contribution in [1.82, 2.24) is 20.0 Å². The van der Waals surface area contributed by atoms with Crippen LogP contribution in [0.2, 0.25) is 5.02 Å². The predicted octanol–water partition coefficient (Wildman–Crippen LogP) is 4.49. The van der Waals surface area contributed by atoms with Crippen LogP contribution in [-0.4, -0.2) is 46.1 Å². The van der Waals surface area contributed by atoms with Gasteiger partial charge in [0.05, 0.1) is 17.1 Å². The molecule has 8 heteroatoms. The first kappa shape index (κ1) is 22.3. The molecule has 0 aliphatic heterocycles. The number of carbonyl (C=O) groups excluding carboxylic acids is 2. The van der Waals surface area contributed by atoms with Crippen molar-refractivity contribution in [3.05, 3.63) is 51.5 Å². The largest absolute Gasteiger partial charge is 0.351 e. The first-order valence-corrected chi connectivity index (χ1v) is 11.4. The quantitative estimate of drug-likeness (QED) is 0.492. The van der Waals surface area contributed by atoms with Crippen LogP contribution < -0.4 is 5.32 Å². The van der Waals surface area contributed by atoms with E-state index in [0.717, 1.165) is 34.6 Å². The molecular weight excluding hydrogens is 420 g/mol. The topological polar surface area (TPSA) is 67.2 Å². The molecule has 6 nitrogen and oxygen atoms in total. The molecule has 0 unspecified atom stereocenters. The van der Waals surface area contributed by atoms with Crippen molar-refractivity contribution in [3.8, 4) is 0 Å². The number of nitrogens with zero attached hydrogens (tertiary/aromatic N) is 3. The third kappa shape index (κ3) is 5.21. The lowest BCUT2D eigenvalue weighted by atomic mass is 10.2. The minimum atomic E-state index is -0.107. The van der Waals surface area contributed by atoms with Crippen LogP contribution in [0.4, 0.5) is 0 Å². The predicted molar refractivity (Wildman–Crippen MR) is 122 cm³/mol. The molecule has 3 rings (SSSR count). The molecule has 0 fully saturated rings. The Morgan fingerprint density at radius 2 is 1.90 bits per heavy atom. The molecule has 3 aromatic rings. The molecule has 30 heavy (non-hydrogen) atoms. The van der Waals surface area contributed by atoms with Gasteiger partial charge < -0.3 is 10.2 Å². The van der Waals surface area contributed by atoms with E-state index in [2.05, 4.69) is 10.4 Å². The zero-order chi connectivity index (χ0) is 21.7. The number of thiophene rings is 1. The molecule has 2 aromatic heterocycles. The fraction of sp³-hybridized carbons (Fsp3) is 0.409.